The molecular weight excluding hydrogens is 370 g/mol. The smallest absolute Gasteiger partial charge is 0.259 e. The van der Waals surface area contributed by atoms with E-state index in [0.29, 0.717) is 17.0 Å². The van der Waals surface area contributed by atoms with E-state index in [1.54, 1.807) is 24.9 Å². The monoisotopic (exact) mass is 389 g/mol. The van der Waals surface area contributed by atoms with Crippen LogP contribution in [0.2, 0.25) is 0 Å². The molecule has 6 heteroatoms. The average Bonchev–Trinajstić information content (AvgIpc) is 3.18. The number of aromatic nitrogens is 2. The van der Waals surface area contributed by atoms with Crippen molar-refractivity contribution in [2.75, 3.05) is 18.7 Å². The lowest BCUT2D eigenvalue weighted by Gasteiger charge is -2.11. The minimum atomic E-state index is -0.207. The maximum absolute atomic E-state index is 12.6. The van der Waals surface area contributed by atoms with Crippen molar-refractivity contribution in [2.24, 2.45) is 0 Å². The summed E-state index contributed by atoms with van der Waals surface area (Å²) in [4.78, 5) is 21.6. The highest BCUT2D eigenvalue weighted by Gasteiger charge is 2.13. The number of carbonyl (C=O) groups is 1. The molecule has 28 heavy (non-hydrogen) atoms. The zero-order chi connectivity index (χ0) is 19.5. The van der Waals surface area contributed by atoms with Crippen LogP contribution in [0.3, 0.4) is 0 Å². The van der Waals surface area contributed by atoms with E-state index < -0.39 is 0 Å². The number of ether oxygens (including phenoxy) is 1. The number of nitrogens with zero attached hydrogens (tertiary/aromatic N) is 1. The summed E-state index contributed by atoms with van der Waals surface area (Å²) < 4.78 is 5.37. The lowest BCUT2D eigenvalue weighted by atomic mass is 10.1. The van der Waals surface area contributed by atoms with Crippen LogP contribution < -0.4 is 10.1 Å². The molecule has 5 nitrogen and oxygen atoms in total. The van der Waals surface area contributed by atoms with Gasteiger partial charge in [0.05, 0.1) is 23.7 Å². The average molecular weight is 389 g/mol. The number of hydrogen-bond donors (Lipinski definition) is 2. The second-order valence-corrected chi connectivity index (χ2v) is 7.08. The van der Waals surface area contributed by atoms with Crippen molar-refractivity contribution in [1.29, 1.82) is 0 Å². The third kappa shape index (κ3) is 3.59. The number of anilines is 1. The molecular formula is C22H19N3O2S. The molecule has 4 aromatic rings. The van der Waals surface area contributed by atoms with E-state index in [1.165, 1.54) is 0 Å². The molecule has 0 aliphatic carbocycles. The molecule has 0 radical (unpaired) electrons. The molecule has 2 N–H and O–H groups in total. The summed E-state index contributed by atoms with van der Waals surface area (Å²) in [5, 5.41) is 2.92. The number of aromatic amines is 1. The summed E-state index contributed by atoms with van der Waals surface area (Å²) >= 11 is 1.60. The Labute approximate surface area is 167 Å². The third-order valence-corrected chi connectivity index (χ3v) is 5.18. The predicted octanol–water partition coefficient (Wildman–Crippen LogP) is 5.21. The van der Waals surface area contributed by atoms with E-state index in [4.69, 9.17) is 4.74 Å². The fraction of sp³-hybridized carbons (Fsp3) is 0.0909. The Hall–Kier alpha value is -3.25. The predicted molar refractivity (Wildman–Crippen MR) is 114 cm³/mol. The lowest BCUT2D eigenvalue weighted by Crippen LogP contribution is -2.13. The SMILES string of the molecule is COc1cc(SC)ccc1C(=O)Nc1ccc(-c2nc3ccccc3[nH]2)cc1. The molecule has 0 unspecified atom stereocenters. The molecule has 3 aromatic carbocycles. The summed E-state index contributed by atoms with van der Waals surface area (Å²) in [5.74, 6) is 1.15. The van der Waals surface area contributed by atoms with Gasteiger partial charge in [0, 0.05) is 16.1 Å². The quantitative estimate of drug-likeness (QED) is 0.460. The van der Waals surface area contributed by atoms with Crippen LogP contribution in [-0.2, 0) is 0 Å². The molecule has 1 aromatic heterocycles. The van der Waals surface area contributed by atoms with Crippen molar-refractivity contribution in [3.05, 3.63) is 72.3 Å². The van der Waals surface area contributed by atoms with Gasteiger partial charge in [0.2, 0.25) is 0 Å². The summed E-state index contributed by atoms with van der Waals surface area (Å²) in [6, 6.07) is 21.1. The van der Waals surface area contributed by atoms with Gasteiger partial charge in [-0.25, -0.2) is 4.98 Å². The summed E-state index contributed by atoms with van der Waals surface area (Å²) in [7, 11) is 1.57. The molecule has 0 aliphatic rings. The molecule has 4 rings (SSSR count). The molecule has 0 bridgehead atoms. The standard InChI is InChI=1S/C22H19N3O2S/c1-27-20-13-16(28-2)11-12-17(20)22(26)23-15-9-7-14(8-10-15)21-24-18-5-3-4-6-19(18)25-21/h3-13H,1-2H3,(H,23,26)(H,24,25). The lowest BCUT2D eigenvalue weighted by molar-refractivity contribution is 0.102. The van der Waals surface area contributed by atoms with Gasteiger partial charge in [0.15, 0.2) is 0 Å². The maximum Gasteiger partial charge on any atom is 0.259 e. The van der Waals surface area contributed by atoms with Gasteiger partial charge in [0.25, 0.3) is 5.91 Å². The van der Waals surface area contributed by atoms with Crippen molar-refractivity contribution >= 4 is 34.4 Å². The van der Waals surface area contributed by atoms with E-state index in [2.05, 4.69) is 15.3 Å². The number of para-hydroxylation sites is 2. The zero-order valence-corrected chi connectivity index (χ0v) is 16.3. The minimum Gasteiger partial charge on any atom is -0.496 e. The van der Waals surface area contributed by atoms with Crippen LogP contribution >= 0.6 is 11.8 Å². The number of fused-ring (bicyclic) bond motifs is 1. The Balaban J connectivity index is 1.54. The number of H-pyrrole nitrogens is 1. The van der Waals surface area contributed by atoms with E-state index in [0.717, 1.165) is 27.3 Å². The number of thioether (sulfide) groups is 1. The number of imidazole rings is 1. The highest BCUT2D eigenvalue weighted by molar-refractivity contribution is 7.98. The van der Waals surface area contributed by atoms with Crippen LogP contribution in [0.1, 0.15) is 10.4 Å². The van der Waals surface area contributed by atoms with Crippen LogP contribution in [0.25, 0.3) is 22.4 Å². The Morgan fingerprint density at radius 3 is 2.57 bits per heavy atom. The number of nitrogens with one attached hydrogen (secondary N) is 2. The van der Waals surface area contributed by atoms with Crippen molar-refractivity contribution in [2.45, 2.75) is 4.90 Å². The minimum absolute atomic E-state index is 0.207. The molecule has 1 heterocycles. The summed E-state index contributed by atoms with van der Waals surface area (Å²) in [6.07, 6.45) is 1.98. The Morgan fingerprint density at radius 1 is 1.07 bits per heavy atom. The van der Waals surface area contributed by atoms with E-state index in [-0.39, 0.29) is 5.91 Å². The van der Waals surface area contributed by atoms with Crippen molar-refractivity contribution in [3.63, 3.8) is 0 Å². The van der Waals surface area contributed by atoms with Crippen molar-refractivity contribution < 1.29 is 9.53 Å². The first-order valence-corrected chi connectivity index (χ1v) is 9.99. The number of amides is 1. The molecule has 0 spiro atoms. The maximum atomic E-state index is 12.6. The zero-order valence-electron chi connectivity index (χ0n) is 15.5. The topological polar surface area (TPSA) is 67.0 Å². The van der Waals surface area contributed by atoms with Gasteiger partial charge >= 0.3 is 0 Å². The first-order valence-electron chi connectivity index (χ1n) is 8.76. The first-order chi connectivity index (χ1) is 13.7. The Morgan fingerprint density at radius 2 is 1.86 bits per heavy atom. The second kappa shape index (κ2) is 7.78. The molecule has 0 saturated carbocycles. The van der Waals surface area contributed by atoms with E-state index in [1.807, 2.05) is 66.9 Å². The fourth-order valence-corrected chi connectivity index (χ4v) is 3.41. The van der Waals surface area contributed by atoms with Crippen LogP contribution in [0.5, 0.6) is 5.75 Å². The normalized spacial score (nSPS) is 10.8. The third-order valence-electron chi connectivity index (χ3n) is 4.46. The second-order valence-electron chi connectivity index (χ2n) is 6.20. The molecule has 140 valence electrons. The number of carbonyl (C=O) groups excluding carboxylic acids is 1. The molecule has 0 aliphatic heterocycles. The van der Waals surface area contributed by atoms with Gasteiger partial charge in [-0.15, -0.1) is 11.8 Å². The van der Waals surface area contributed by atoms with Crippen molar-refractivity contribution in [3.8, 4) is 17.1 Å². The molecule has 1 amide bonds. The van der Waals surface area contributed by atoms with Gasteiger partial charge in [-0.05, 0) is 60.9 Å². The van der Waals surface area contributed by atoms with Crippen LogP contribution in [0.15, 0.2) is 71.6 Å². The van der Waals surface area contributed by atoms with E-state index in [9.17, 15) is 4.79 Å². The number of hydrogen-bond acceptors (Lipinski definition) is 4. The number of rotatable bonds is 5. The van der Waals surface area contributed by atoms with Crippen LogP contribution in [0, 0.1) is 0 Å². The van der Waals surface area contributed by atoms with Gasteiger partial charge < -0.3 is 15.0 Å². The summed E-state index contributed by atoms with van der Waals surface area (Å²) in [5.41, 5.74) is 4.09. The first kappa shape index (κ1) is 18.1. The van der Waals surface area contributed by atoms with E-state index >= 15 is 0 Å². The fourth-order valence-electron chi connectivity index (χ4n) is 2.99. The molecule has 0 saturated heterocycles. The molecule has 0 atom stereocenters. The highest BCUT2D eigenvalue weighted by atomic mass is 32.2. The van der Waals surface area contributed by atoms with Crippen molar-refractivity contribution in [1.82, 2.24) is 9.97 Å². The van der Waals surface area contributed by atoms with Crippen LogP contribution in [0.4, 0.5) is 5.69 Å². The van der Waals surface area contributed by atoms with Gasteiger partial charge in [-0.2, -0.15) is 0 Å². The Bertz CT molecular complexity index is 1100. The van der Waals surface area contributed by atoms with Crippen LogP contribution in [-0.4, -0.2) is 29.2 Å². The molecule has 0 fully saturated rings. The van der Waals surface area contributed by atoms with Gasteiger partial charge in [0.1, 0.15) is 11.6 Å². The highest BCUT2D eigenvalue weighted by Crippen LogP contribution is 2.27. The largest absolute Gasteiger partial charge is 0.496 e. The van der Waals surface area contributed by atoms with Gasteiger partial charge in [-0.3, -0.25) is 4.79 Å². The summed E-state index contributed by atoms with van der Waals surface area (Å²) in [6.45, 7) is 0. The number of benzene rings is 3. The van der Waals surface area contributed by atoms with Gasteiger partial charge in [-0.1, -0.05) is 12.1 Å². The number of methoxy groups -OCH3 is 1. The Kier molecular flexibility index (Phi) is 5.04.